The highest BCUT2D eigenvalue weighted by Gasteiger charge is 2.16. The number of hydrogen-bond donors (Lipinski definition) is 2. The van der Waals surface area contributed by atoms with Gasteiger partial charge in [-0.05, 0) is 39.8 Å². The average molecular weight is 223 g/mol. The molecule has 0 heterocycles. The Morgan fingerprint density at radius 1 is 1.38 bits per heavy atom. The van der Waals surface area contributed by atoms with E-state index in [1.807, 2.05) is 32.9 Å². The van der Waals surface area contributed by atoms with Crippen molar-refractivity contribution in [2.75, 3.05) is 7.05 Å². The molecule has 0 bridgehead atoms. The van der Waals surface area contributed by atoms with Crippen LogP contribution in [0.2, 0.25) is 0 Å². The first-order valence-electron chi connectivity index (χ1n) is 5.28. The molecular weight excluding hydrogens is 202 g/mol. The molecule has 0 spiro atoms. The number of aliphatic carboxylic acids is 1. The quantitative estimate of drug-likeness (QED) is 0.680. The SMILES string of the molecule is C=C(C)/C(=C\C=C(C)C)CC(NC)C(=O)O. The molecule has 0 saturated carbocycles. The minimum absolute atomic E-state index is 0.449. The van der Waals surface area contributed by atoms with Gasteiger partial charge in [-0.2, -0.15) is 0 Å². The van der Waals surface area contributed by atoms with Crippen LogP contribution >= 0.6 is 0 Å². The van der Waals surface area contributed by atoms with Crippen LogP contribution in [0.4, 0.5) is 0 Å². The summed E-state index contributed by atoms with van der Waals surface area (Å²) in [4.78, 5) is 10.9. The first-order valence-corrected chi connectivity index (χ1v) is 5.28. The van der Waals surface area contributed by atoms with Gasteiger partial charge in [0, 0.05) is 0 Å². The van der Waals surface area contributed by atoms with E-state index in [9.17, 15) is 4.79 Å². The van der Waals surface area contributed by atoms with Crippen LogP contribution in [0.1, 0.15) is 27.2 Å². The molecule has 0 saturated heterocycles. The number of carbonyl (C=O) groups is 1. The van der Waals surface area contributed by atoms with Gasteiger partial charge < -0.3 is 10.4 Å². The summed E-state index contributed by atoms with van der Waals surface area (Å²) in [7, 11) is 1.65. The zero-order valence-corrected chi connectivity index (χ0v) is 10.5. The number of allylic oxidation sites excluding steroid dienone is 4. The third-order valence-corrected chi connectivity index (χ3v) is 2.24. The third kappa shape index (κ3) is 5.51. The molecule has 0 aromatic heterocycles. The molecule has 0 aromatic rings. The fourth-order valence-electron chi connectivity index (χ4n) is 1.18. The zero-order valence-electron chi connectivity index (χ0n) is 10.5. The third-order valence-electron chi connectivity index (χ3n) is 2.24. The smallest absolute Gasteiger partial charge is 0.321 e. The van der Waals surface area contributed by atoms with Crippen molar-refractivity contribution in [3.63, 3.8) is 0 Å². The molecule has 0 fully saturated rings. The van der Waals surface area contributed by atoms with Gasteiger partial charge >= 0.3 is 5.97 Å². The lowest BCUT2D eigenvalue weighted by Crippen LogP contribution is -2.34. The van der Waals surface area contributed by atoms with Crippen molar-refractivity contribution < 1.29 is 9.90 Å². The van der Waals surface area contributed by atoms with Crippen molar-refractivity contribution in [2.24, 2.45) is 0 Å². The number of carboxylic acids is 1. The van der Waals surface area contributed by atoms with Gasteiger partial charge in [-0.3, -0.25) is 4.79 Å². The van der Waals surface area contributed by atoms with Crippen LogP contribution in [0.25, 0.3) is 0 Å². The van der Waals surface area contributed by atoms with Crippen molar-refractivity contribution in [1.82, 2.24) is 5.32 Å². The number of nitrogens with one attached hydrogen (secondary N) is 1. The first kappa shape index (κ1) is 14.6. The molecular formula is C13H21NO2. The lowest BCUT2D eigenvalue weighted by Gasteiger charge is -2.13. The second-order valence-electron chi connectivity index (χ2n) is 4.10. The van der Waals surface area contributed by atoms with E-state index in [1.54, 1.807) is 7.05 Å². The molecule has 90 valence electrons. The summed E-state index contributed by atoms with van der Waals surface area (Å²) in [5.41, 5.74) is 3.04. The van der Waals surface area contributed by atoms with Crippen LogP contribution in [-0.2, 0) is 4.79 Å². The van der Waals surface area contributed by atoms with Crippen LogP contribution in [0.3, 0.4) is 0 Å². The number of likely N-dealkylation sites (N-methyl/N-ethyl adjacent to an activating group) is 1. The van der Waals surface area contributed by atoms with Crippen molar-refractivity contribution in [2.45, 2.75) is 33.2 Å². The van der Waals surface area contributed by atoms with Gasteiger partial charge in [0.25, 0.3) is 0 Å². The summed E-state index contributed by atoms with van der Waals surface area (Å²) in [6.07, 6.45) is 4.36. The van der Waals surface area contributed by atoms with Gasteiger partial charge in [-0.25, -0.2) is 0 Å². The molecule has 0 aromatic carbocycles. The molecule has 0 aliphatic carbocycles. The van der Waals surface area contributed by atoms with Crippen molar-refractivity contribution in [3.05, 3.63) is 35.5 Å². The Morgan fingerprint density at radius 3 is 2.25 bits per heavy atom. The molecule has 0 rings (SSSR count). The number of rotatable bonds is 6. The van der Waals surface area contributed by atoms with Crippen LogP contribution < -0.4 is 5.32 Å². The highest BCUT2D eigenvalue weighted by Crippen LogP contribution is 2.15. The monoisotopic (exact) mass is 223 g/mol. The molecule has 1 atom stereocenters. The Morgan fingerprint density at radius 2 is 1.94 bits per heavy atom. The topological polar surface area (TPSA) is 49.3 Å². The first-order chi connectivity index (χ1) is 7.38. The normalized spacial score (nSPS) is 13.1. The minimum atomic E-state index is -0.841. The van der Waals surface area contributed by atoms with Gasteiger partial charge in [0.15, 0.2) is 0 Å². The Labute approximate surface area is 97.6 Å². The molecule has 3 nitrogen and oxygen atoms in total. The largest absolute Gasteiger partial charge is 0.480 e. The van der Waals surface area contributed by atoms with E-state index >= 15 is 0 Å². The fourth-order valence-corrected chi connectivity index (χ4v) is 1.18. The minimum Gasteiger partial charge on any atom is -0.480 e. The van der Waals surface area contributed by atoms with Crippen molar-refractivity contribution in [3.8, 4) is 0 Å². The van der Waals surface area contributed by atoms with E-state index in [-0.39, 0.29) is 0 Å². The van der Waals surface area contributed by atoms with Gasteiger partial charge in [-0.15, -0.1) is 0 Å². The lowest BCUT2D eigenvalue weighted by molar-refractivity contribution is -0.139. The summed E-state index contributed by atoms with van der Waals surface area (Å²) in [6, 6.07) is -0.562. The second kappa shape index (κ2) is 7.01. The van der Waals surface area contributed by atoms with Crippen LogP contribution in [-0.4, -0.2) is 24.2 Å². The van der Waals surface area contributed by atoms with Crippen molar-refractivity contribution >= 4 is 5.97 Å². The maximum atomic E-state index is 10.9. The molecule has 16 heavy (non-hydrogen) atoms. The molecule has 2 N–H and O–H groups in total. The standard InChI is InChI=1S/C13H21NO2/c1-9(2)6-7-11(10(3)4)8-12(14-5)13(15)16/h6-7,12,14H,3,8H2,1-2,4-5H3,(H,15,16)/b11-7-. The molecule has 0 radical (unpaired) electrons. The molecule has 1 unspecified atom stereocenters. The second-order valence-corrected chi connectivity index (χ2v) is 4.10. The summed E-state index contributed by atoms with van der Waals surface area (Å²) in [6.45, 7) is 9.75. The fraction of sp³-hybridized carbons (Fsp3) is 0.462. The van der Waals surface area contributed by atoms with E-state index in [0.717, 1.165) is 11.1 Å². The number of carboxylic acid groups (broad SMARTS) is 1. The molecule has 0 amide bonds. The summed E-state index contributed by atoms with van der Waals surface area (Å²) in [5.74, 6) is -0.841. The molecule has 0 aliphatic heterocycles. The summed E-state index contributed by atoms with van der Waals surface area (Å²) in [5, 5.41) is 11.7. The van der Waals surface area contributed by atoms with E-state index in [2.05, 4.69) is 11.9 Å². The van der Waals surface area contributed by atoms with Crippen LogP contribution in [0.15, 0.2) is 35.5 Å². The predicted octanol–water partition coefficient (Wildman–Crippen LogP) is 2.52. The van der Waals surface area contributed by atoms with Gasteiger partial charge in [0.05, 0.1) is 0 Å². The highest BCUT2D eigenvalue weighted by atomic mass is 16.4. The van der Waals surface area contributed by atoms with Gasteiger partial charge in [0.1, 0.15) is 6.04 Å². The van der Waals surface area contributed by atoms with Gasteiger partial charge in [-0.1, -0.05) is 29.9 Å². The predicted molar refractivity (Wildman–Crippen MR) is 67.4 cm³/mol. The van der Waals surface area contributed by atoms with Crippen molar-refractivity contribution in [1.29, 1.82) is 0 Å². The molecule has 3 heteroatoms. The zero-order chi connectivity index (χ0) is 12.7. The van der Waals surface area contributed by atoms with Gasteiger partial charge in [0.2, 0.25) is 0 Å². The Hall–Kier alpha value is -1.35. The van der Waals surface area contributed by atoms with Crippen LogP contribution in [0, 0.1) is 0 Å². The Balaban J connectivity index is 4.82. The van der Waals surface area contributed by atoms with E-state index < -0.39 is 12.0 Å². The maximum Gasteiger partial charge on any atom is 0.321 e. The lowest BCUT2D eigenvalue weighted by atomic mass is 10.00. The van der Waals surface area contributed by atoms with E-state index in [0.29, 0.717) is 6.42 Å². The summed E-state index contributed by atoms with van der Waals surface area (Å²) < 4.78 is 0. The van der Waals surface area contributed by atoms with Crippen LogP contribution in [0.5, 0.6) is 0 Å². The van der Waals surface area contributed by atoms with E-state index in [4.69, 9.17) is 5.11 Å². The molecule has 0 aliphatic rings. The Bertz CT molecular complexity index is 323. The van der Waals surface area contributed by atoms with E-state index in [1.165, 1.54) is 5.57 Å². The highest BCUT2D eigenvalue weighted by molar-refractivity contribution is 5.74. The Kier molecular flexibility index (Phi) is 6.42. The summed E-state index contributed by atoms with van der Waals surface area (Å²) >= 11 is 0. The number of hydrogen-bond acceptors (Lipinski definition) is 2. The average Bonchev–Trinajstić information content (AvgIpc) is 2.16. The maximum absolute atomic E-state index is 10.9.